The lowest BCUT2D eigenvalue weighted by Crippen LogP contribution is -2.15. The lowest BCUT2D eigenvalue weighted by Gasteiger charge is -2.12. The lowest BCUT2D eigenvalue weighted by atomic mass is 9.97. The predicted molar refractivity (Wildman–Crippen MR) is 88.2 cm³/mol. The normalized spacial score (nSPS) is 11.5. The quantitative estimate of drug-likeness (QED) is 0.929. The zero-order valence-electron chi connectivity index (χ0n) is 14.2. The summed E-state index contributed by atoms with van der Waals surface area (Å²) in [4.78, 5) is 16.6. The summed E-state index contributed by atoms with van der Waals surface area (Å²) in [6, 6.07) is 5.89. The molecule has 22 heavy (non-hydrogen) atoms. The summed E-state index contributed by atoms with van der Waals surface area (Å²) in [7, 11) is 0. The highest BCUT2D eigenvalue weighted by molar-refractivity contribution is 5.92. The third kappa shape index (κ3) is 3.75. The first-order valence-electron chi connectivity index (χ1n) is 7.50. The number of anilines is 1. The second-order valence-corrected chi connectivity index (χ2v) is 6.80. The minimum atomic E-state index is -0.159. The molecule has 0 aliphatic carbocycles. The molecule has 118 valence electrons. The molecule has 0 saturated heterocycles. The highest BCUT2D eigenvalue weighted by Gasteiger charge is 2.23. The van der Waals surface area contributed by atoms with Crippen LogP contribution in [0, 0.1) is 20.8 Å². The van der Waals surface area contributed by atoms with Gasteiger partial charge in [-0.15, -0.1) is 0 Å². The van der Waals surface area contributed by atoms with Crippen molar-refractivity contribution in [2.45, 2.75) is 53.4 Å². The molecule has 0 spiro atoms. The molecule has 1 amide bonds. The van der Waals surface area contributed by atoms with Crippen LogP contribution in [-0.4, -0.2) is 10.9 Å². The van der Waals surface area contributed by atoms with Gasteiger partial charge in [-0.05, 0) is 44.0 Å². The molecule has 1 N–H and O–H groups in total. The largest absolute Gasteiger partial charge is 0.444 e. The molecule has 0 saturated carbocycles. The predicted octanol–water partition coefficient (Wildman–Crippen LogP) is 4.08. The number of hydrogen-bond donors (Lipinski definition) is 1. The summed E-state index contributed by atoms with van der Waals surface area (Å²) in [5.41, 5.74) is 3.79. The number of nitrogens with zero attached hydrogens (tertiary/aromatic N) is 1. The lowest BCUT2D eigenvalue weighted by molar-refractivity contribution is -0.115. The van der Waals surface area contributed by atoms with Gasteiger partial charge in [0.15, 0.2) is 5.89 Å². The van der Waals surface area contributed by atoms with Crippen molar-refractivity contribution in [3.63, 3.8) is 0 Å². The number of carbonyl (C=O) groups excluding carboxylic acids is 1. The molecule has 0 aliphatic heterocycles. The molecule has 1 heterocycles. The average molecular weight is 300 g/mol. The number of nitrogens with one attached hydrogen (secondary N) is 1. The summed E-state index contributed by atoms with van der Waals surface area (Å²) in [6.07, 6.45) is 0.196. The SMILES string of the molecule is Cc1ccc(NC(=O)Cc2oc(C(C)(C)C)nc2C)cc1C. The van der Waals surface area contributed by atoms with Gasteiger partial charge in [-0.1, -0.05) is 26.8 Å². The van der Waals surface area contributed by atoms with Crippen LogP contribution < -0.4 is 5.32 Å². The molecule has 0 fully saturated rings. The van der Waals surface area contributed by atoms with E-state index in [1.54, 1.807) is 0 Å². The molecule has 4 nitrogen and oxygen atoms in total. The summed E-state index contributed by atoms with van der Waals surface area (Å²) < 4.78 is 5.76. The highest BCUT2D eigenvalue weighted by atomic mass is 16.4. The van der Waals surface area contributed by atoms with E-state index in [1.807, 2.05) is 59.7 Å². The molecule has 0 atom stereocenters. The number of amides is 1. The van der Waals surface area contributed by atoms with Gasteiger partial charge in [0, 0.05) is 11.1 Å². The first kappa shape index (κ1) is 16.3. The van der Waals surface area contributed by atoms with Gasteiger partial charge in [-0.25, -0.2) is 4.98 Å². The van der Waals surface area contributed by atoms with Gasteiger partial charge in [0.2, 0.25) is 5.91 Å². The van der Waals surface area contributed by atoms with E-state index in [1.165, 1.54) is 5.56 Å². The Morgan fingerprint density at radius 3 is 2.41 bits per heavy atom. The standard InChI is InChI=1S/C18H24N2O2/c1-11-7-8-14(9-12(11)2)20-16(21)10-15-13(3)19-17(22-15)18(4,5)6/h7-9H,10H2,1-6H3,(H,20,21). The zero-order valence-corrected chi connectivity index (χ0v) is 14.2. The minimum absolute atomic E-state index is 0.0945. The maximum atomic E-state index is 12.2. The van der Waals surface area contributed by atoms with Crippen LogP contribution in [0.25, 0.3) is 0 Å². The van der Waals surface area contributed by atoms with Gasteiger partial charge in [0.05, 0.1) is 12.1 Å². The van der Waals surface area contributed by atoms with Crippen LogP contribution in [0.2, 0.25) is 0 Å². The van der Waals surface area contributed by atoms with Crippen molar-refractivity contribution in [3.05, 3.63) is 46.7 Å². The Morgan fingerprint density at radius 1 is 1.18 bits per heavy atom. The summed E-state index contributed by atoms with van der Waals surface area (Å²) in [5.74, 6) is 1.20. The molecular weight excluding hydrogens is 276 g/mol. The third-order valence-corrected chi connectivity index (χ3v) is 3.65. The number of hydrogen-bond acceptors (Lipinski definition) is 3. The van der Waals surface area contributed by atoms with Gasteiger partial charge in [-0.2, -0.15) is 0 Å². The van der Waals surface area contributed by atoms with Gasteiger partial charge < -0.3 is 9.73 Å². The van der Waals surface area contributed by atoms with E-state index in [4.69, 9.17) is 4.42 Å². The molecule has 1 aromatic carbocycles. The summed E-state index contributed by atoms with van der Waals surface area (Å²) in [6.45, 7) is 12.1. The van der Waals surface area contributed by atoms with Crippen LogP contribution in [-0.2, 0) is 16.6 Å². The molecular formula is C18H24N2O2. The second-order valence-electron chi connectivity index (χ2n) is 6.80. The van der Waals surface area contributed by atoms with Crippen molar-refractivity contribution in [1.29, 1.82) is 0 Å². The van der Waals surface area contributed by atoms with E-state index >= 15 is 0 Å². The van der Waals surface area contributed by atoms with E-state index in [0.29, 0.717) is 11.7 Å². The topological polar surface area (TPSA) is 55.1 Å². The summed E-state index contributed by atoms with van der Waals surface area (Å²) >= 11 is 0. The first-order valence-corrected chi connectivity index (χ1v) is 7.50. The van der Waals surface area contributed by atoms with Crippen molar-refractivity contribution in [1.82, 2.24) is 4.98 Å². The fourth-order valence-electron chi connectivity index (χ4n) is 2.08. The molecule has 0 radical (unpaired) electrons. The molecule has 0 bridgehead atoms. The van der Waals surface area contributed by atoms with E-state index in [0.717, 1.165) is 16.9 Å². The smallest absolute Gasteiger partial charge is 0.232 e. The number of oxazole rings is 1. The van der Waals surface area contributed by atoms with E-state index in [9.17, 15) is 4.79 Å². The van der Waals surface area contributed by atoms with Crippen molar-refractivity contribution in [2.24, 2.45) is 0 Å². The van der Waals surface area contributed by atoms with Crippen LogP contribution >= 0.6 is 0 Å². The van der Waals surface area contributed by atoms with E-state index < -0.39 is 0 Å². The van der Waals surface area contributed by atoms with Crippen LogP contribution in [0.15, 0.2) is 22.6 Å². The van der Waals surface area contributed by atoms with Gasteiger partial charge in [0.1, 0.15) is 5.76 Å². The Hall–Kier alpha value is -2.10. The Balaban J connectivity index is 2.09. The Kier molecular flexibility index (Phi) is 4.40. The van der Waals surface area contributed by atoms with Gasteiger partial charge >= 0.3 is 0 Å². The number of benzene rings is 1. The van der Waals surface area contributed by atoms with E-state index in [2.05, 4.69) is 10.3 Å². The van der Waals surface area contributed by atoms with Crippen molar-refractivity contribution >= 4 is 11.6 Å². The minimum Gasteiger partial charge on any atom is -0.444 e. The Morgan fingerprint density at radius 2 is 1.86 bits per heavy atom. The van der Waals surface area contributed by atoms with Gasteiger partial charge in [0.25, 0.3) is 0 Å². The second kappa shape index (κ2) is 5.95. The first-order chi connectivity index (χ1) is 10.2. The molecule has 0 aliphatic rings. The molecule has 1 aromatic heterocycles. The Bertz CT molecular complexity index is 694. The molecule has 4 heteroatoms. The van der Waals surface area contributed by atoms with Crippen molar-refractivity contribution in [3.8, 4) is 0 Å². The number of aryl methyl sites for hydroxylation is 3. The molecule has 0 unspecified atom stereocenters. The summed E-state index contributed by atoms with van der Waals surface area (Å²) in [5, 5.41) is 2.91. The molecule has 2 aromatic rings. The van der Waals surface area contributed by atoms with Crippen LogP contribution in [0.1, 0.15) is 49.2 Å². The van der Waals surface area contributed by atoms with Crippen molar-refractivity contribution < 1.29 is 9.21 Å². The highest BCUT2D eigenvalue weighted by Crippen LogP contribution is 2.24. The van der Waals surface area contributed by atoms with Crippen LogP contribution in [0.5, 0.6) is 0 Å². The number of rotatable bonds is 3. The maximum absolute atomic E-state index is 12.2. The third-order valence-electron chi connectivity index (χ3n) is 3.65. The fourth-order valence-corrected chi connectivity index (χ4v) is 2.08. The zero-order chi connectivity index (χ0) is 16.5. The maximum Gasteiger partial charge on any atom is 0.232 e. The van der Waals surface area contributed by atoms with Crippen LogP contribution in [0.3, 0.4) is 0 Å². The average Bonchev–Trinajstić information content (AvgIpc) is 2.75. The monoisotopic (exact) mass is 300 g/mol. The Labute approximate surface area is 131 Å². The fraction of sp³-hybridized carbons (Fsp3) is 0.444. The van der Waals surface area contributed by atoms with Crippen molar-refractivity contribution in [2.75, 3.05) is 5.32 Å². The molecule has 2 rings (SSSR count). The van der Waals surface area contributed by atoms with E-state index in [-0.39, 0.29) is 17.7 Å². The number of carbonyl (C=O) groups is 1. The number of aromatic nitrogens is 1. The van der Waals surface area contributed by atoms with Crippen LogP contribution in [0.4, 0.5) is 5.69 Å². The van der Waals surface area contributed by atoms with Gasteiger partial charge in [-0.3, -0.25) is 4.79 Å².